The molecule has 0 aliphatic carbocycles. The number of rotatable bonds is 8. The zero-order chi connectivity index (χ0) is 18.9. The molecule has 0 saturated carbocycles. The number of hydrogen-bond donors (Lipinski definition) is 2. The first-order chi connectivity index (χ1) is 12.5. The molecular weight excluding hydrogens is 477 g/mol. The summed E-state index contributed by atoms with van der Waals surface area (Å²) < 4.78 is 7.13. The first-order valence-electron chi connectivity index (χ1n) is 8.76. The Labute approximate surface area is 183 Å². The van der Waals surface area contributed by atoms with Crippen LogP contribution in [0.3, 0.4) is 0 Å². The highest BCUT2D eigenvalue weighted by molar-refractivity contribution is 14.0. The van der Waals surface area contributed by atoms with Gasteiger partial charge in [-0.1, -0.05) is 23.7 Å². The van der Waals surface area contributed by atoms with Gasteiger partial charge in [-0.2, -0.15) is 5.10 Å². The monoisotopic (exact) mass is 505 g/mol. The van der Waals surface area contributed by atoms with Crippen LogP contribution in [0.5, 0.6) is 0 Å². The van der Waals surface area contributed by atoms with Crippen LogP contribution >= 0.6 is 35.6 Å². The van der Waals surface area contributed by atoms with Gasteiger partial charge in [-0.25, -0.2) is 0 Å². The third-order valence-electron chi connectivity index (χ3n) is 4.29. The SMILES string of the molecule is CN=C(NCCc1cccc(Cl)c1)NCc1c(C)nn(CCOC)c1C.I. The van der Waals surface area contributed by atoms with Gasteiger partial charge in [0.1, 0.15) is 0 Å². The van der Waals surface area contributed by atoms with Crippen LogP contribution < -0.4 is 10.6 Å². The van der Waals surface area contributed by atoms with Gasteiger partial charge in [0, 0.05) is 43.5 Å². The topological polar surface area (TPSA) is 63.5 Å². The quantitative estimate of drug-likeness (QED) is 0.328. The van der Waals surface area contributed by atoms with Crippen LogP contribution in [0.4, 0.5) is 0 Å². The van der Waals surface area contributed by atoms with Crippen LogP contribution in [0, 0.1) is 13.8 Å². The fraction of sp³-hybridized carbons (Fsp3) is 0.474. The number of guanidine groups is 1. The first-order valence-corrected chi connectivity index (χ1v) is 9.13. The molecule has 0 saturated heterocycles. The van der Waals surface area contributed by atoms with Crippen molar-refractivity contribution in [1.29, 1.82) is 0 Å². The smallest absolute Gasteiger partial charge is 0.191 e. The van der Waals surface area contributed by atoms with Gasteiger partial charge >= 0.3 is 0 Å². The summed E-state index contributed by atoms with van der Waals surface area (Å²) in [5.74, 6) is 0.774. The Kier molecular flexibility index (Phi) is 10.7. The molecule has 2 rings (SSSR count). The molecule has 8 heteroatoms. The van der Waals surface area contributed by atoms with Gasteiger partial charge in [0.15, 0.2) is 5.96 Å². The van der Waals surface area contributed by atoms with Crippen molar-refractivity contribution in [1.82, 2.24) is 20.4 Å². The van der Waals surface area contributed by atoms with E-state index in [1.165, 1.54) is 11.1 Å². The molecule has 0 radical (unpaired) electrons. The number of halogens is 2. The second-order valence-electron chi connectivity index (χ2n) is 6.10. The lowest BCUT2D eigenvalue weighted by Gasteiger charge is -2.12. The summed E-state index contributed by atoms with van der Waals surface area (Å²) in [6.45, 7) is 6.99. The second-order valence-corrected chi connectivity index (χ2v) is 6.53. The molecule has 0 atom stereocenters. The Morgan fingerprint density at radius 2 is 2.07 bits per heavy atom. The molecule has 0 spiro atoms. The van der Waals surface area contributed by atoms with Crippen LogP contribution in [-0.2, 0) is 24.2 Å². The number of ether oxygens (including phenoxy) is 1. The van der Waals surface area contributed by atoms with Crippen molar-refractivity contribution in [2.75, 3.05) is 27.3 Å². The zero-order valence-corrected chi connectivity index (χ0v) is 19.5. The molecule has 0 bridgehead atoms. The summed E-state index contributed by atoms with van der Waals surface area (Å²) in [5, 5.41) is 12.0. The maximum Gasteiger partial charge on any atom is 0.191 e. The number of hydrogen-bond acceptors (Lipinski definition) is 3. The number of benzene rings is 1. The largest absolute Gasteiger partial charge is 0.383 e. The molecule has 6 nitrogen and oxygen atoms in total. The van der Waals surface area contributed by atoms with E-state index >= 15 is 0 Å². The normalized spacial score (nSPS) is 11.2. The highest BCUT2D eigenvalue weighted by Crippen LogP contribution is 2.13. The molecule has 0 aliphatic heterocycles. The molecule has 2 N–H and O–H groups in total. The maximum absolute atomic E-state index is 6.02. The summed E-state index contributed by atoms with van der Waals surface area (Å²) in [6.07, 6.45) is 0.883. The van der Waals surface area contributed by atoms with Gasteiger partial charge in [-0.3, -0.25) is 9.67 Å². The summed E-state index contributed by atoms with van der Waals surface area (Å²) in [4.78, 5) is 4.29. The molecule has 150 valence electrons. The van der Waals surface area contributed by atoms with E-state index in [1.807, 2.05) is 29.8 Å². The van der Waals surface area contributed by atoms with Gasteiger partial charge in [-0.15, -0.1) is 24.0 Å². The predicted molar refractivity (Wildman–Crippen MR) is 122 cm³/mol. The van der Waals surface area contributed by atoms with Gasteiger partial charge in [0.25, 0.3) is 0 Å². The summed E-state index contributed by atoms with van der Waals surface area (Å²) >= 11 is 6.02. The highest BCUT2D eigenvalue weighted by Gasteiger charge is 2.11. The number of aryl methyl sites for hydroxylation is 1. The van der Waals surface area contributed by atoms with Crippen molar-refractivity contribution < 1.29 is 4.74 Å². The lowest BCUT2D eigenvalue weighted by atomic mass is 10.1. The van der Waals surface area contributed by atoms with Gasteiger partial charge in [0.2, 0.25) is 0 Å². The number of aliphatic imine (C=N–C) groups is 1. The van der Waals surface area contributed by atoms with Crippen molar-refractivity contribution in [3.8, 4) is 0 Å². The maximum atomic E-state index is 6.02. The summed E-state index contributed by atoms with van der Waals surface area (Å²) in [6, 6.07) is 7.92. The fourth-order valence-corrected chi connectivity index (χ4v) is 3.01. The summed E-state index contributed by atoms with van der Waals surface area (Å²) in [5.41, 5.74) is 4.58. The highest BCUT2D eigenvalue weighted by atomic mass is 127. The third kappa shape index (κ3) is 7.31. The van der Waals surface area contributed by atoms with Crippen molar-refractivity contribution in [2.24, 2.45) is 4.99 Å². The molecule has 0 aliphatic rings. The van der Waals surface area contributed by atoms with Gasteiger partial charge in [-0.05, 0) is 38.0 Å². The van der Waals surface area contributed by atoms with E-state index in [-0.39, 0.29) is 24.0 Å². The van der Waals surface area contributed by atoms with E-state index in [0.717, 1.165) is 41.9 Å². The van der Waals surface area contributed by atoms with Crippen molar-refractivity contribution in [2.45, 2.75) is 33.4 Å². The van der Waals surface area contributed by atoms with Crippen LogP contribution in [0.15, 0.2) is 29.3 Å². The molecule has 2 aromatic rings. The zero-order valence-electron chi connectivity index (χ0n) is 16.4. The molecule has 0 fully saturated rings. The lowest BCUT2D eigenvalue weighted by molar-refractivity contribution is 0.182. The predicted octanol–water partition coefficient (Wildman–Crippen LogP) is 3.33. The Morgan fingerprint density at radius 3 is 2.74 bits per heavy atom. The number of nitrogens with zero attached hydrogens (tertiary/aromatic N) is 3. The van der Waals surface area contributed by atoms with Crippen molar-refractivity contribution in [3.63, 3.8) is 0 Å². The molecule has 0 amide bonds. The standard InChI is InChI=1S/C19H28ClN5O.HI/c1-14-18(15(2)25(24-14)10-11-26-4)13-23-19(21-3)22-9-8-16-6-5-7-17(20)12-16;/h5-7,12H,8-11,13H2,1-4H3,(H2,21,22,23);1H. The van der Waals surface area contributed by atoms with Crippen LogP contribution in [0.1, 0.15) is 22.5 Å². The van der Waals surface area contributed by atoms with Crippen LogP contribution in [-0.4, -0.2) is 43.0 Å². The minimum atomic E-state index is 0. The molecular formula is C19H29ClIN5O. The Bertz CT molecular complexity index is 748. The van der Waals surface area contributed by atoms with Crippen molar-refractivity contribution in [3.05, 3.63) is 51.8 Å². The summed E-state index contributed by atoms with van der Waals surface area (Å²) in [7, 11) is 3.48. The second kappa shape index (κ2) is 12.2. The Balaban J connectivity index is 0.00000364. The van der Waals surface area contributed by atoms with E-state index < -0.39 is 0 Å². The van der Waals surface area contributed by atoms with Gasteiger partial charge < -0.3 is 15.4 Å². The number of methoxy groups -OCH3 is 1. The number of nitrogens with one attached hydrogen (secondary N) is 2. The Hall–Kier alpha value is -1.32. The molecule has 1 heterocycles. The van der Waals surface area contributed by atoms with E-state index in [9.17, 15) is 0 Å². The molecule has 1 aromatic heterocycles. The Morgan fingerprint density at radius 1 is 1.30 bits per heavy atom. The van der Waals surface area contributed by atoms with E-state index in [1.54, 1.807) is 14.2 Å². The average Bonchev–Trinajstić information content (AvgIpc) is 2.89. The van der Waals surface area contributed by atoms with E-state index in [4.69, 9.17) is 16.3 Å². The first kappa shape index (κ1) is 23.7. The van der Waals surface area contributed by atoms with Crippen LogP contribution in [0.2, 0.25) is 5.02 Å². The average molecular weight is 506 g/mol. The molecule has 0 unspecified atom stereocenters. The third-order valence-corrected chi connectivity index (χ3v) is 4.53. The molecule has 1 aromatic carbocycles. The fourth-order valence-electron chi connectivity index (χ4n) is 2.80. The minimum absolute atomic E-state index is 0. The van der Waals surface area contributed by atoms with E-state index in [2.05, 4.69) is 33.7 Å². The number of aromatic nitrogens is 2. The van der Waals surface area contributed by atoms with E-state index in [0.29, 0.717) is 13.2 Å². The van der Waals surface area contributed by atoms with Crippen molar-refractivity contribution >= 4 is 41.5 Å². The minimum Gasteiger partial charge on any atom is -0.383 e. The lowest BCUT2D eigenvalue weighted by Crippen LogP contribution is -2.38. The van der Waals surface area contributed by atoms with Crippen LogP contribution in [0.25, 0.3) is 0 Å². The van der Waals surface area contributed by atoms with Gasteiger partial charge in [0.05, 0.1) is 18.8 Å². The molecule has 27 heavy (non-hydrogen) atoms.